The molecule has 0 atom stereocenters. The summed E-state index contributed by atoms with van der Waals surface area (Å²) in [6, 6.07) is 0. The van der Waals surface area contributed by atoms with Crippen molar-refractivity contribution in [3.05, 3.63) is 16.1 Å². The number of thiazole rings is 1. The van der Waals surface area contributed by atoms with Gasteiger partial charge >= 0.3 is 5.97 Å². The van der Waals surface area contributed by atoms with Gasteiger partial charge in [0, 0.05) is 11.5 Å². The number of ether oxygens (including phenoxy) is 1. The fourth-order valence-corrected chi connectivity index (χ4v) is 2.49. The molecule has 1 heterocycles. The van der Waals surface area contributed by atoms with Crippen LogP contribution in [0.1, 0.15) is 28.2 Å². The standard InChI is InChI=1S/C10H13NO3S/c1-14-9(13)8-7(15-6-11-8)4-10(5-12)2-3-10/h6,12H,2-5H2,1H3. The number of hydrogen-bond acceptors (Lipinski definition) is 5. The minimum Gasteiger partial charge on any atom is -0.464 e. The number of aromatic nitrogens is 1. The van der Waals surface area contributed by atoms with Crippen LogP contribution in [0.25, 0.3) is 0 Å². The van der Waals surface area contributed by atoms with Crippen molar-refractivity contribution in [2.24, 2.45) is 5.41 Å². The van der Waals surface area contributed by atoms with Crippen LogP contribution in [0, 0.1) is 5.41 Å². The number of aliphatic hydroxyl groups is 1. The quantitative estimate of drug-likeness (QED) is 0.786. The van der Waals surface area contributed by atoms with Gasteiger partial charge in [-0.3, -0.25) is 0 Å². The van der Waals surface area contributed by atoms with Crippen LogP contribution >= 0.6 is 11.3 Å². The molecule has 0 bridgehead atoms. The second-order valence-electron chi connectivity index (χ2n) is 3.95. The zero-order valence-electron chi connectivity index (χ0n) is 8.52. The lowest BCUT2D eigenvalue weighted by molar-refractivity contribution is 0.0593. The van der Waals surface area contributed by atoms with Crippen molar-refractivity contribution in [1.29, 1.82) is 0 Å². The lowest BCUT2D eigenvalue weighted by atomic mass is 10.0. The van der Waals surface area contributed by atoms with Gasteiger partial charge < -0.3 is 9.84 Å². The molecule has 1 N–H and O–H groups in total. The van der Waals surface area contributed by atoms with E-state index < -0.39 is 0 Å². The summed E-state index contributed by atoms with van der Waals surface area (Å²) in [5, 5.41) is 9.21. The molecule has 0 spiro atoms. The van der Waals surface area contributed by atoms with E-state index >= 15 is 0 Å². The van der Waals surface area contributed by atoms with Crippen LogP contribution in [0.4, 0.5) is 0 Å². The van der Waals surface area contributed by atoms with E-state index in [0.717, 1.165) is 24.1 Å². The summed E-state index contributed by atoms with van der Waals surface area (Å²) in [5.41, 5.74) is 2.06. The van der Waals surface area contributed by atoms with E-state index in [1.807, 2.05) is 0 Å². The highest BCUT2D eigenvalue weighted by Crippen LogP contribution is 2.48. The highest BCUT2D eigenvalue weighted by Gasteiger charge is 2.43. The summed E-state index contributed by atoms with van der Waals surface area (Å²) in [7, 11) is 1.35. The van der Waals surface area contributed by atoms with Gasteiger partial charge in [0.25, 0.3) is 0 Å². The molecule has 0 aromatic carbocycles. The SMILES string of the molecule is COC(=O)c1ncsc1CC1(CO)CC1. The van der Waals surface area contributed by atoms with Gasteiger partial charge in [-0.1, -0.05) is 0 Å². The average molecular weight is 227 g/mol. The molecule has 1 aromatic rings. The molecule has 15 heavy (non-hydrogen) atoms. The van der Waals surface area contributed by atoms with Crippen LogP contribution in [0.2, 0.25) is 0 Å². The highest BCUT2D eigenvalue weighted by atomic mass is 32.1. The Hall–Kier alpha value is -0.940. The maximum atomic E-state index is 11.3. The Morgan fingerprint density at radius 2 is 2.47 bits per heavy atom. The van der Waals surface area contributed by atoms with Crippen molar-refractivity contribution in [2.75, 3.05) is 13.7 Å². The van der Waals surface area contributed by atoms with Crippen LogP contribution in [-0.4, -0.2) is 29.8 Å². The molecule has 0 radical (unpaired) electrons. The smallest absolute Gasteiger partial charge is 0.357 e. The number of carbonyl (C=O) groups is 1. The fourth-order valence-electron chi connectivity index (χ4n) is 1.57. The third-order valence-corrected chi connectivity index (χ3v) is 3.68. The van der Waals surface area contributed by atoms with E-state index in [9.17, 15) is 9.90 Å². The van der Waals surface area contributed by atoms with Gasteiger partial charge in [0.2, 0.25) is 0 Å². The fraction of sp³-hybridized carbons (Fsp3) is 0.600. The first kappa shape index (κ1) is 10.6. The van der Waals surface area contributed by atoms with Gasteiger partial charge in [0.1, 0.15) is 0 Å². The molecule has 5 heteroatoms. The molecule has 2 rings (SSSR count). The number of methoxy groups -OCH3 is 1. The highest BCUT2D eigenvalue weighted by molar-refractivity contribution is 7.09. The maximum absolute atomic E-state index is 11.3. The third kappa shape index (κ3) is 2.03. The van der Waals surface area contributed by atoms with Crippen LogP contribution in [0.5, 0.6) is 0 Å². The van der Waals surface area contributed by atoms with E-state index in [4.69, 9.17) is 0 Å². The van der Waals surface area contributed by atoms with Gasteiger partial charge in [0.05, 0.1) is 12.6 Å². The molecule has 1 aliphatic carbocycles. The van der Waals surface area contributed by atoms with Gasteiger partial charge in [-0.2, -0.15) is 0 Å². The number of rotatable bonds is 4. The monoisotopic (exact) mass is 227 g/mol. The Balaban J connectivity index is 2.15. The van der Waals surface area contributed by atoms with E-state index in [0.29, 0.717) is 5.69 Å². The first-order valence-electron chi connectivity index (χ1n) is 4.82. The Morgan fingerprint density at radius 1 is 1.73 bits per heavy atom. The molecule has 1 saturated carbocycles. The summed E-state index contributed by atoms with van der Waals surface area (Å²) in [6.45, 7) is 0.186. The first-order valence-corrected chi connectivity index (χ1v) is 5.70. The van der Waals surface area contributed by atoms with Crippen LogP contribution < -0.4 is 0 Å². The van der Waals surface area contributed by atoms with Crippen LogP contribution in [0.15, 0.2) is 5.51 Å². The van der Waals surface area contributed by atoms with E-state index in [2.05, 4.69) is 9.72 Å². The molecular weight excluding hydrogens is 214 g/mol. The van der Waals surface area contributed by atoms with Gasteiger partial charge in [0.15, 0.2) is 5.69 Å². The first-order chi connectivity index (χ1) is 7.21. The summed E-state index contributed by atoms with van der Waals surface area (Å²) in [5.74, 6) is -0.389. The van der Waals surface area contributed by atoms with Crippen molar-refractivity contribution in [1.82, 2.24) is 4.98 Å². The average Bonchev–Trinajstić information content (AvgIpc) is 2.88. The van der Waals surface area contributed by atoms with Crippen molar-refractivity contribution in [3.8, 4) is 0 Å². The lowest BCUT2D eigenvalue weighted by Gasteiger charge is -2.09. The molecule has 1 fully saturated rings. The maximum Gasteiger partial charge on any atom is 0.357 e. The van der Waals surface area contributed by atoms with E-state index in [-0.39, 0.29) is 18.0 Å². The molecule has 0 unspecified atom stereocenters. The summed E-state index contributed by atoms with van der Waals surface area (Å²) in [4.78, 5) is 16.3. The molecule has 1 aliphatic rings. The predicted octanol–water partition coefficient (Wildman–Crippen LogP) is 1.24. The van der Waals surface area contributed by atoms with E-state index in [1.165, 1.54) is 18.4 Å². The lowest BCUT2D eigenvalue weighted by Crippen LogP contribution is -2.12. The predicted molar refractivity (Wildman–Crippen MR) is 55.9 cm³/mol. The Labute approximate surface area is 91.9 Å². The van der Waals surface area contributed by atoms with Gasteiger partial charge in [-0.25, -0.2) is 9.78 Å². The van der Waals surface area contributed by atoms with Crippen LogP contribution in [0.3, 0.4) is 0 Å². The largest absolute Gasteiger partial charge is 0.464 e. The van der Waals surface area contributed by atoms with Crippen molar-refractivity contribution < 1.29 is 14.6 Å². The molecule has 4 nitrogen and oxygen atoms in total. The Kier molecular flexibility index (Phi) is 2.75. The normalized spacial score (nSPS) is 17.5. The number of carbonyl (C=O) groups excluding carboxylic acids is 1. The Morgan fingerprint density at radius 3 is 3.00 bits per heavy atom. The second kappa shape index (κ2) is 3.90. The van der Waals surface area contributed by atoms with Gasteiger partial charge in [-0.05, 0) is 24.7 Å². The molecule has 0 amide bonds. The Bertz CT molecular complexity index is 370. The zero-order valence-corrected chi connectivity index (χ0v) is 9.34. The van der Waals surface area contributed by atoms with Crippen molar-refractivity contribution >= 4 is 17.3 Å². The number of esters is 1. The third-order valence-electron chi connectivity index (χ3n) is 2.85. The summed E-state index contributed by atoms with van der Waals surface area (Å²) >= 11 is 1.45. The molecule has 82 valence electrons. The number of aliphatic hydroxyl groups excluding tert-OH is 1. The summed E-state index contributed by atoms with van der Waals surface area (Å²) < 4.78 is 4.65. The molecule has 0 saturated heterocycles. The summed E-state index contributed by atoms with van der Waals surface area (Å²) in [6.07, 6.45) is 2.79. The van der Waals surface area contributed by atoms with E-state index in [1.54, 1.807) is 5.51 Å². The van der Waals surface area contributed by atoms with Crippen molar-refractivity contribution in [2.45, 2.75) is 19.3 Å². The van der Waals surface area contributed by atoms with Crippen LogP contribution in [-0.2, 0) is 11.2 Å². The van der Waals surface area contributed by atoms with Crippen molar-refractivity contribution in [3.63, 3.8) is 0 Å². The number of nitrogens with zero attached hydrogens (tertiary/aromatic N) is 1. The minimum atomic E-state index is -0.389. The minimum absolute atomic E-state index is 0.00923. The zero-order chi connectivity index (χ0) is 10.9. The van der Waals surface area contributed by atoms with Gasteiger partial charge in [-0.15, -0.1) is 11.3 Å². The second-order valence-corrected chi connectivity index (χ2v) is 4.89. The topological polar surface area (TPSA) is 59.4 Å². The molecule has 1 aromatic heterocycles. The molecular formula is C10H13NO3S. The molecule has 0 aliphatic heterocycles. The number of hydrogen-bond donors (Lipinski definition) is 1.